The molecule has 0 amide bonds. The Morgan fingerprint density at radius 1 is 1.09 bits per heavy atom. The van der Waals surface area contributed by atoms with Gasteiger partial charge in [-0.2, -0.15) is 10.4 Å². The van der Waals surface area contributed by atoms with Crippen LogP contribution < -0.4 is 5.73 Å². The van der Waals surface area contributed by atoms with Gasteiger partial charge in [-0.05, 0) is 49.6 Å². The summed E-state index contributed by atoms with van der Waals surface area (Å²) >= 11 is 0. The number of nitriles is 1. The van der Waals surface area contributed by atoms with Crippen LogP contribution in [0.5, 0.6) is 0 Å². The molecule has 4 aromatic rings. The fourth-order valence-corrected chi connectivity index (χ4v) is 3.61. The topological polar surface area (TPSA) is 114 Å². The van der Waals surface area contributed by atoms with Gasteiger partial charge in [0, 0.05) is 17.3 Å². The average Bonchev–Trinajstić information content (AvgIpc) is 3.21. The minimum atomic E-state index is -0.902. The van der Waals surface area contributed by atoms with Crippen LogP contribution in [0.2, 0.25) is 0 Å². The van der Waals surface area contributed by atoms with E-state index < -0.39 is 5.60 Å². The molecular formula is C25H24N6O. The Morgan fingerprint density at radius 2 is 1.84 bits per heavy atom. The molecule has 0 bridgehead atoms. The molecule has 2 aromatic carbocycles. The molecule has 0 aliphatic rings. The number of benzene rings is 2. The minimum Gasteiger partial charge on any atom is -0.386 e. The molecule has 0 radical (unpaired) electrons. The summed E-state index contributed by atoms with van der Waals surface area (Å²) in [5.41, 5.74) is 11.4. The second-order valence-electron chi connectivity index (χ2n) is 8.27. The predicted molar refractivity (Wildman–Crippen MR) is 123 cm³/mol. The molecule has 0 atom stereocenters. The molecule has 0 aliphatic heterocycles. The summed E-state index contributed by atoms with van der Waals surface area (Å²) in [5.74, 6) is 0.157. The zero-order valence-corrected chi connectivity index (χ0v) is 18.2. The molecule has 7 nitrogen and oxygen atoms in total. The normalized spacial score (nSPS) is 11.3. The Bertz CT molecular complexity index is 1330. The first-order valence-electron chi connectivity index (χ1n) is 10.2. The first-order valence-corrected chi connectivity index (χ1v) is 10.2. The number of hydrogen-bond acceptors (Lipinski definition) is 6. The highest BCUT2D eigenvalue weighted by Crippen LogP contribution is 2.28. The predicted octanol–water partition coefficient (Wildman–Crippen LogP) is 4.05. The van der Waals surface area contributed by atoms with E-state index in [1.54, 1.807) is 26.1 Å². The molecule has 160 valence electrons. The Hall–Kier alpha value is -4.02. The zero-order valence-electron chi connectivity index (χ0n) is 18.2. The SMILES string of the molecule is Cc1c(C#N)cccc1-c1cc(-c2cnn(Cc3cccc(C(C)(C)O)c3)c2)nc(N)n1. The lowest BCUT2D eigenvalue weighted by Crippen LogP contribution is -2.15. The minimum absolute atomic E-state index is 0.157. The zero-order chi connectivity index (χ0) is 22.9. The van der Waals surface area contributed by atoms with E-state index in [0.29, 0.717) is 23.5 Å². The van der Waals surface area contributed by atoms with E-state index in [0.717, 1.165) is 27.8 Å². The molecule has 0 spiro atoms. The van der Waals surface area contributed by atoms with Crippen molar-refractivity contribution < 1.29 is 5.11 Å². The molecule has 0 aliphatic carbocycles. The third-order valence-corrected chi connectivity index (χ3v) is 5.38. The van der Waals surface area contributed by atoms with Crippen LogP contribution in [0, 0.1) is 18.3 Å². The van der Waals surface area contributed by atoms with Gasteiger partial charge in [-0.15, -0.1) is 0 Å². The lowest BCUT2D eigenvalue weighted by atomic mass is 9.96. The smallest absolute Gasteiger partial charge is 0.221 e. The third-order valence-electron chi connectivity index (χ3n) is 5.38. The largest absolute Gasteiger partial charge is 0.386 e. The Morgan fingerprint density at radius 3 is 2.59 bits per heavy atom. The van der Waals surface area contributed by atoms with Gasteiger partial charge in [0.2, 0.25) is 5.95 Å². The van der Waals surface area contributed by atoms with Crippen molar-refractivity contribution in [2.75, 3.05) is 5.73 Å². The Kier molecular flexibility index (Phi) is 5.47. The molecule has 2 aromatic heterocycles. The summed E-state index contributed by atoms with van der Waals surface area (Å²) in [6, 6.07) is 17.4. The molecule has 2 heterocycles. The molecule has 0 saturated carbocycles. The number of aromatic nitrogens is 4. The van der Waals surface area contributed by atoms with Crippen LogP contribution in [0.4, 0.5) is 5.95 Å². The second kappa shape index (κ2) is 8.25. The van der Waals surface area contributed by atoms with Crippen molar-refractivity contribution in [2.45, 2.75) is 32.9 Å². The molecule has 4 rings (SSSR count). The maximum Gasteiger partial charge on any atom is 0.221 e. The second-order valence-corrected chi connectivity index (χ2v) is 8.27. The number of hydrogen-bond donors (Lipinski definition) is 2. The first kappa shape index (κ1) is 21.2. The lowest BCUT2D eigenvalue weighted by Gasteiger charge is -2.18. The van der Waals surface area contributed by atoms with E-state index in [2.05, 4.69) is 21.1 Å². The van der Waals surface area contributed by atoms with Gasteiger partial charge in [-0.3, -0.25) is 4.68 Å². The van der Waals surface area contributed by atoms with Crippen LogP contribution in [-0.4, -0.2) is 24.9 Å². The fourth-order valence-electron chi connectivity index (χ4n) is 3.61. The van der Waals surface area contributed by atoms with Gasteiger partial charge in [0.1, 0.15) is 0 Å². The van der Waals surface area contributed by atoms with E-state index in [4.69, 9.17) is 5.73 Å². The first-order chi connectivity index (χ1) is 15.2. The molecule has 0 saturated heterocycles. The quantitative estimate of drug-likeness (QED) is 0.500. The number of anilines is 1. The fraction of sp³-hybridized carbons (Fsp3) is 0.200. The van der Waals surface area contributed by atoms with Crippen LogP contribution in [0.15, 0.2) is 60.9 Å². The number of nitrogen functional groups attached to an aromatic ring is 1. The Balaban J connectivity index is 1.65. The molecule has 7 heteroatoms. The summed E-state index contributed by atoms with van der Waals surface area (Å²) in [4.78, 5) is 8.76. The number of rotatable bonds is 5. The van der Waals surface area contributed by atoms with Crippen molar-refractivity contribution in [3.8, 4) is 28.6 Å². The molecule has 32 heavy (non-hydrogen) atoms. The van der Waals surface area contributed by atoms with Gasteiger partial charge in [-0.1, -0.05) is 36.4 Å². The molecular weight excluding hydrogens is 400 g/mol. The summed E-state index contributed by atoms with van der Waals surface area (Å²) in [6.45, 7) is 5.98. The number of aliphatic hydroxyl groups is 1. The van der Waals surface area contributed by atoms with Crippen molar-refractivity contribution in [1.29, 1.82) is 5.26 Å². The molecule has 0 fully saturated rings. The van der Waals surface area contributed by atoms with Crippen molar-refractivity contribution in [2.24, 2.45) is 0 Å². The number of nitrogens with two attached hydrogens (primary N) is 1. The maximum atomic E-state index is 10.3. The lowest BCUT2D eigenvalue weighted by molar-refractivity contribution is 0.0785. The monoisotopic (exact) mass is 424 g/mol. The van der Waals surface area contributed by atoms with Crippen molar-refractivity contribution in [3.63, 3.8) is 0 Å². The van der Waals surface area contributed by atoms with Crippen molar-refractivity contribution >= 4 is 5.95 Å². The van der Waals surface area contributed by atoms with Gasteiger partial charge in [-0.25, -0.2) is 9.97 Å². The van der Waals surface area contributed by atoms with Gasteiger partial charge in [0.05, 0.1) is 41.4 Å². The van der Waals surface area contributed by atoms with E-state index in [1.165, 1.54) is 0 Å². The maximum absolute atomic E-state index is 10.3. The molecule has 3 N–H and O–H groups in total. The summed E-state index contributed by atoms with van der Waals surface area (Å²) in [7, 11) is 0. The van der Waals surface area contributed by atoms with E-state index in [9.17, 15) is 10.4 Å². The average molecular weight is 425 g/mol. The standard InChI is InChI=1S/C25H24N6O/c1-16-18(12-26)7-5-9-21(16)23-11-22(29-24(27)30-23)19-13-28-31(15-19)14-17-6-4-8-20(10-17)25(2,3)32/h4-11,13,15,32H,14H2,1-3H3,(H2,27,29,30). The highest BCUT2D eigenvalue weighted by molar-refractivity contribution is 5.72. The highest BCUT2D eigenvalue weighted by Gasteiger charge is 2.16. The molecule has 0 unspecified atom stereocenters. The van der Waals surface area contributed by atoms with Crippen LogP contribution in [0.25, 0.3) is 22.5 Å². The van der Waals surface area contributed by atoms with E-state index in [-0.39, 0.29) is 5.95 Å². The van der Waals surface area contributed by atoms with Gasteiger partial charge >= 0.3 is 0 Å². The van der Waals surface area contributed by atoms with E-state index in [1.807, 2.05) is 60.3 Å². The van der Waals surface area contributed by atoms with Crippen molar-refractivity contribution in [1.82, 2.24) is 19.7 Å². The summed E-state index contributed by atoms with van der Waals surface area (Å²) in [6.07, 6.45) is 3.64. The highest BCUT2D eigenvalue weighted by atomic mass is 16.3. The summed E-state index contributed by atoms with van der Waals surface area (Å²) < 4.78 is 1.82. The van der Waals surface area contributed by atoms with Gasteiger partial charge < -0.3 is 10.8 Å². The third kappa shape index (κ3) is 4.36. The number of nitrogens with zero attached hydrogens (tertiary/aromatic N) is 5. The van der Waals surface area contributed by atoms with Gasteiger partial charge in [0.25, 0.3) is 0 Å². The van der Waals surface area contributed by atoms with Crippen LogP contribution in [0.3, 0.4) is 0 Å². The van der Waals surface area contributed by atoms with E-state index >= 15 is 0 Å². The Labute approximate surface area is 186 Å². The van der Waals surface area contributed by atoms with Crippen LogP contribution in [-0.2, 0) is 12.1 Å². The van der Waals surface area contributed by atoms with Gasteiger partial charge in [0.15, 0.2) is 0 Å². The van der Waals surface area contributed by atoms with Crippen LogP contribution >= 0.6 is 0 Å². The summed E-state index contributed by atoms with van der Waals surface area (Å²) in [5, 5.41) is 24.1. The van der Waals surface area contributed by atoms with Crippen LogP contribution in [0.1, 0.15) is 36.1 Å². The van der Waals surface area contributed by atoms with Crippen molar-refractivity contribution in [3.05, 3.63) is 83.2 Å².